The van der Waals surface area contributed by atoms with Gasteiger partial charge < -0.3 is 14.2 Å². The zero-order valence-electron chi connectivity index (χ0n) is 14.5. The van der Waals surface area contributed by atoms with Crippen LogP contribution in [0.2, 0.25) is 0 Å². The topological polar surface area (TPSA) is 78.9 Å². The van der Waals surface area contributed by atoms with Crippen molar-refractivity contribution in [2.45, 2.75) is 51.0 Å². The first-order chi connectivity index (χ1) is 11.2. The van der Waals surface area contributed by atoms with E-state index in [1.165, 1.54) is 14.2 Å². The van der Waals surface area contributed by atoms with Crippen LogP contribution in [0.15, 0.2) is 12.7 Å². The van der Waals surface area contributed by atoms with E-state index >= 15 is 0 Å². The molecule has 0 N–H and O–H groups in total. The van der Waals surface area contributed by atoms with E-state index < -0.39 is 22.4 Å². The van der Waals surface area contributed by atoms with Gasteiger partial charge in [0.2, 0.25) is 0 Å². The molecule has 4 aliphatic rings. The van der Waals surface area contributed by atoms with Crippen LogP contribution in [0.5, 0.6) is 0 Å². The Balaban J connectivity index is 2.11. The van der Waals surface area contributed by atoms with Crippen molar-refractivity contribution in [3.05, 3.63) is 12.7 Å². The normalized spacial score (nSPS) is 42.3. The van der Waals surface area contributed by atoms with E-state index in [-0.39, 0.29) is 17.4 Å². The van der Waals surface area contributed by atoms with Crippen molar-refractivity contribution >= 4 is 17.9 Å². The minimum absolute atomic E-state index is 0.279. The van der Waals surface area contributed by atoms with Crippen LogP contribution in [0.25, 0.3) is 0 Å². The number of methoxy groups -OCH3 is 2. The summed E-state index contributed by atoms with van der Waals surface area (Å²) in [5.74, 6) is -1.19. The lowest BCUT2D eigenvalue weighted by Crippen LogP contribution is -2.68. The number of carbonyl (C=O) groups is 3. The highest BCUT2D eigenvalue weighted by atomic mass is 16.6. The molecule has 4 fully saturated rings. The van der Waals surface area contributed by atoms with Gasteiger partial charge in [0, 0.05) is 18.9 Å². The molecule has 4 bridgehead atoms. The van der Waals surface area contributed by atoms with Crippen LogP contribution in [-0.4, -0.2) is 37.7 Å². The second-order valence-electron chi connectivity index (χ2n) is 8.22. The fourth-order valence-corrected chi connectivity index (χ4v) is 6.27. The Morgan fingerprint density at radius 2 is 1.38 bits per heavy atom. The summed E-state index contributed by atoms with van der Waals surface area (Å²) >= 11 is 0. The second kappa shape index (κ2) is 5.07. The molecule has 132 valence electrons. The van der Waals surface area contributed by atoms with Crippen LogP contribution < -0.4 is 0 Å². The number of hydrogen-bond donors (Lipinski definition) is 0. The predicted molar refractivity (Wildman–Crippen MR) is 83.7 cm³/mol. The van der Waals surface area contributed by atoms with Gasteiger partial charge in [-0.2, -0.15) is 0 Å². The third kappa shape index (κ3) is 2.26. The molecular formula is C18H24O6. The molecule has 0 aromatic heterocycles. The lowest BCUT2D eigenvalue weighted by Gasteiger charge is -2.66. The van der Waals surface area contributed by atoms with Crippen molar-refractivity contribution in [3.63, 3.8) is 0 Å². The Bertz CT molecular complexity index is 589. The van der Waals surface area contributed by atoms with Gasteiger partial charge in [0.15, 0.2) is 0 Å². The Hall–Kier alpha value is -1.85. The average molecular weight is 336 g/mol. The maximum atomic E-state index is 12.6. The maximum Gasteiger partial charge on any atom is 0.330 e. The smallest absolute Gasteiger partial charge is 0.330 e. The van der Waals surface area contributed by atoms with Gasteiger partial charge in [0.1, 0.15) is 5.60 Å². The third-order valence-corrected chi connectivity index (χ3v) is 6.00. The molecule has 24 heavy (non-hydrogen) atoms. The van der Waals surface area contributed by atoms with E-state index in [9.17, 15) is 14.4 Å². The summed E-state index contributed by atoms with van der Waals surface area (Å²) in [7, 11) is 2.72. The van der Waals surface area contributed by atoms with Crippen LogP contribution in [0.4, 0.5) is 0 Å². The van der Waals surface area contributed by atoms with E-state index in [1.807, 2.05) is 0 Å². The van der Waals surface area contributed by atoms with Crippen molar-refractivity contribution in [2.24, 2.45) is 16.2 Å². The first-order valence-corrected chi connectivity index (χ1v) is 8.18. The summed E-state index contributed by atoms with van der Waals surface area (Å²) in [6, 6.07) is 0. The largest absolute Gasteiger partial charge is 0.469 e. The van der Waals surface area contributed by atoms with Crippen molar-refractivity contribution in [1.82, 2.24) is 0 Å². The Morgan fingerprint density at radius 1 is 0.875 bits per heavy atom. The molecule has 4 aliphatic carbocycles. The van der Waals surface area contributed by atoms with Crippen molar-refractivity contribution in [2.75, 3.05) is 14.2 Å². The second-order valence-corrected chi connectivity index (χ2v) is 8.22. The van der Waals surface area contributed by atoms with Gasteiger partial charge in [-0.05, 0) is 31.1 Å². The summed E-state index contributed by atoms with van der Waals surface area (Å²) in [6.07, 6.45) is 4.20. The standard InChI is InChI=1S/C18H24O6/c1-5-12(19)24-18-8-15(2)6-16(10-18,13(20)22-3)9-17(7-15,11-18)14(21)23-4/h5H,1,6-11H2,2-4H3. The quantitative estimate of drug-likeness (QED) is 0.445. The molecule has 0 amide bonds. The number of ether oxygens (including phenoxy) is 3. The summed E-state index contributed by atoms with van der Waals surface area (Å²) in [4.78, 5) is 37.2. The van der Waals surface area contributed by atoms with E-state index in [1.54, 1.807) is 0 Å². The molecule has 0 aromatic carbocycles. The lowest BCUT2D eigenvalue weighted by atomic mass is 9.38. The number of esters is 3. The van der Waals surface area contributed by atoms with Gasteiger partial charge in [0.25, 0.3) is 0 Å². The number of carbonyl (C=O) groups excluding carboxylic acids is 3. The molecule has 0 aliphatic heterocycles. The van der Waals surface area contributed by atoms with Crippen LogP contribution in [0.3, 0.4) is 0 Å². The molecule has 6 nitrogen and oxygen atoms in total. The number of rotatable bonds is 4. The fourth-order valence-electron chi connectivity index (χ4n) is 6.27. The zero-order valence-corrected chi connectivity index (χ0v) is 14.5. The van der Waals surface area contributed by atoms with Crippen molar-refractivity contribution in [3.8, 4) is 0 Å². The Morgan fingerprint density at radius 3 is 1.79 bits per heavy atom. The van der Waals surface area contributed by atoms with Gasteiger partial charge in [0.05, 0.1) is 25.0 Å². The molecule has 6 heteroatoms. The summed E-state index contributed by atoms with van der Waals surface area (Å²) in [6.45, 7) is 5.51. The molecule has 2 atom stereocenters. The highest BCUT2D eigenvalue weighted by Gasteiger charge is 2.73. The van der Waals surface area contributed by atoms with Crippen LogP contribution >= 0.6 is 0 Å². The molecule has 0 saturated heterocycles. The summed E-state index contributed by atoms with van der Waals surface area (Å²) in [5, 5.41) is 0. The Labute approximate surface area is 141 Å². The van der Waals surface area contributed by atoms with Gasteiger partial charge in [-0.3, -0.25) is 9.59 Å². The van der Waals surface area contributed by atoms with Gasteiger partial charge in [-0.15, -0.1) is 0 Å². The summed E-state index contributed by atoms with van der Waals surface area (Å²) in [5.41, 5.74) is -2.75. The van der Waals surface area contributed by atoms with Gasteiger partial charge in [-0.25, -0.2) is 4.79 Å². The summed E-state index contributed by atoms with van der Waals surface area (Å²) < 4.78 is 15.9. The highest BCUT2D eigenvalue weighted by Crippen LogP contribution is 2.72. The molecule has 2 unspecified atom stereocenters. The zero-order chi connectivity index (χ0) is 17.8. The highest BCUT2D eigenvalue weighted by molar-refractivity contribution is 5.85. The molecule has 0 heterocycles. The minimum Gasteiger partial charge on any atom is -0.469 e. The van der Waals surface area contributed by atoms with Gasteiger partial charge in [-0.1, -0.05) is 13.5 Å². The molecule has 0 radical (unpaired) electrons. The van der Waals surface area contributed by atoms with Crippen molar-refractivity contribution < 1.29 is 28.6 Å². The minimum atomic E-state index is -0.850. The van der Waals surface area contributed by atoms with Gasteiger partial charge >= 0.3 is 17.9 Å². The first kappa shape index (κ1) is 17.0. The third-order valence-electron chi connectivity index (χ3n) is 6.00. The monoisotopic (exact) mass is 336 g/mol. The van der Waals surface area contributed by atoms with Crippen LogP contribution in [-0.2, 0) is 28.6 Å². The Kier molecular flexibility index (Phi) is 3.59. The maximum absolute atomic E-state index is 12.6. The van der Waals surface area contributed by atoms with E-state index in [2.05, 4.69) is 13.5 Å². The van der Waals surface area contributed by atoms with Crippen LogP contribution in [0.1, 0.15) is 45.4 Å². The SMILES string of the molecule is C=CC(=O)OC12CC3(C)CC(C(=O)OC)(C1)CC(C(=O)OC)(C3)C2. The fraction of sp³-hybridized carbons (Fsp3) is 0.722. The molecular weight excluding hydrogens is 312 g/mol. The predicted octanol–water partition coefficient (Wildman–Crippen LogP) is 2.16. The van der Waals surface area contributed by atoms with E-state index in [0.717, 1.165) is 6.08 Å². The van der Waals surface area contributed by atoms with Crippen molar-refractivity contribution in [1.29, 1.82) is 0 Å². The van der Waals surface area contributed by atoms with Crippen LogP contribution in [0, 0.1) is 16.2 Å². The molecule has 0 spiro atoms. The van der Waals surface area contributed by atoms with E-state index in [0.29, 0.717) is 38.5 Å². The molecule has 4 saturated carbocycles. The lowest BCUT2D eigenvalue weighted by molar-refractivity contribution is -0.248. The average Bonchev–Trinajstić information content (AvgIpc) is 2.50. The number of hydrogen-bond acceptors (Lipinski definition) is 6. The first-order valence-electron chi connectivity index (χ1n) is 8.18. The molecule has 4 rings (SSSR count). The molecule has 0 aromatic rings. The van der Waals surface area contributed by atoms with E-state index in [4.69, 9.17) is 14.2 Å².